The van der Waals surface area contributed by atoms with Gasteiger partial charge in [-0.15, -0.1) is 5.10 Å². The molecular formula is C12H10F4N4O. The van der Waals surface area contributed by atoms with Crippen LogP contribution >= 0.6 is 0 Å². The molecule has 0 saturated heterocycles. The van der Waals surface area contributed by atoms with Crippen molar-refractivity contribution in [3.63, 3.8) is 0 Å². The van der Waals surface area contributed by atoms with Crippen LogP contribution in [0.2, 0.25) is 0 Å². The average Bonchev–Trinajstić information content (AvgIpc) is 2.83. The molecule has 0 fully saturated rings. The second-order valence-electron chi connectivity index (χ2n) is 4.24. The topological polar surface area (TPSA) is 59.8 Å². The molecule has 1 N–H and O–H groups in total. The smallest absolute Gasteiger partial charge is 0.342 e. The highest BCUT2D eigenvalue weighted by atomic mass is 19.4. The molecular weight excluding hydrogens is 292 g/mol. The molecule has 0 spiro atoms. The number of alkyl halides is 3. The Hall–Kier alpha value is -2.45. The van der Waals surface area contributed by atoms with Crippen molar-refractivity contribution < 1.29 is 22.4 Å². The number of nitrogens with zero attached hydrogens (tertiary/aromatic N) is 3. The van der Waals surface area contributed by atoms with E-state index in [-0.39, 0.29) is 11.4 Å². The zero-order valence-electron chi connectivity index (χ0n) is 10.8. The molecule has 0 aliphatic carbocycles. The normalized spacial score (nSPS) is 11.5. The molecule has 9 heteroatoms. The van der Waals surface area contributed by atoms with Crippen molar-refractivity contribution in [1.82, 2.24) is 20.3 Å². The summed E-state index contributed by atoms with van der Waals surface area (Å²) < 4.78 is 50.9. The third-order valence-corrected chi connectivity index (χ3v) is 2.65. The molecule has 5 nitrogen and oxygen atoms in total. The average molecular weight is 302 g/mol. The molecule has 1 aromatic carbocycles. The summed E-state index contributed by atoms with van der Waals surface area (Å²) in [7, 11) is 0. The lowest BCUT2D eigenvalue weighted by molar-refractivity contribution is -0.173. The number of carbonyl (C=O) groups excluding carboxylic acids is 1. The monoisotopic (exact) mass is 302 g/mol. The van der Waals surface area contributed by atoms with Gasteiger partial charge >= 0.3 is 12.1 Å². The molecule has 1 aromatic heterocycles. The first-order chi connectivity index (χ1) is 9.79. The van der Waals surface area contributed by atoms with E-state index in [4.69, 9.17) is 0 Å². The highest BCUT2D eigenvalue weighted by Crippen LogP contribution is 2.17. The molecule has 2 rings (SSSR count). The van der Waals surface area contributed by atoms with Gasteiger partial charge in [-0.25, -0.2) is 9.07 Å². The van der Waals surface area contributed by atoms with Crippen LogP contribution in [0.5, 0.6) is 0 Å². The van der Waals surface area contributed by atoms with Crippen molar-refractivity contribution in [2.24, 2.45) is 0 Å². The first-order valence-electron chi connectivity index (χ1n) is 5.81. The van der Waals surface area contributed by atoms with Gasteiger partial charge in [0.1, 0.15) is 17.2 Å². The van der Waals surface area contributed by atoms with Gasteiger partial charge in [-0.1, -0.05) is 17.3 Å². The molecule has 1 heterocycles. The third kappa shape index (κ3) is 3.36. The van der Waals surface area contributed by atoms with Crippen molar-refractivity contribution in [2.75, 3.05) is 0 Å². The molecule has 0 bridgehead atoms. The maximum atomic E-state index is 13.7. The minimum Gasteiger partial charge on any atom is -0.342 e. The van der Waals surface area contributed by atoms with Crippen LogP contribution in [-0.4, -0.2) is 27.1 Å². The highest BCUT2D eigenvalue weighted by Gasteiger charge is 2.38. The predicted octanol–water partition coefficient (Wildman–Crippen LogP) is 1.89. The Morgan fingerprint density at radius 1 is 1.38 bits per heavy atom. The summed E-state index contributed by atoms with van der Waals surface area (Å²) in [5.41, 5.74) is 0.819. The molecule has 0 unspecified atom stereocenters. The zero-order chi connectivity index (χ0) is 15.6. The van der Waals surface area contributed by atoms with Crippen LogP contribution in [0.15, 0.2) is 24.4 Å². The van der Waals surface area contributed by atoms with Gasteiger partial charge < -0.3 is 5.32 Å². The molecule has 0 aliphatic heterocycles. The number of hydrogen-bond donors (Lipinski definition) is 1. The summed E-state index contributed by atoms with van der Waals surface area (Å²) in [6.07, 6.45) is -3.71. The van der Waals surface area contributed by atoms with E-state index in [1.807, 2.05) is 0 Å². The van der Waals surface area contributed by atoms with Crippen LogP contribution in [0.3, 0.4) is 0 Å². The van der Waals surface area contributed by atoms with Gasteiger partial charge in [0, 0.05) is 0 Å². The Kier molecular flexibility index (Phi) is 3.92. The summed E-state index contributed by atoms with van der Waals surface area (Å²) in [4.78, 5) is 10.7. The minimum absolute atomic E-state index is 0.0789. The van der Waals surface area contributed by atoms with Crippen LogP contribution in [0.25, 0.3) is 5.69 Å². The molecule has 0 atom stereocenters. The number of carbonyl (C=O) groups is 1. The van der Waals surface area contributed by atoms with Crippen LogP contribution in [0, 0.1) is 12.7 Å². The van der Waals surface area contributed by atoms with Crippen molar-refractivity contribution in [2.45, 2.75) is 19.6 Å². The van der Waals surface area contributed by atoms with Gasteiger partial charge in [0.25, 0.3) is 0 Å². The van der Waals surface area contributed by atoms with E-state index in [9.17, 15) is 22.4 Å². The number of para-hydroxylation sites is 1. The molecule has 112 valence electrons. The third-order valence-electron chi connectivity index (χ3n) is 2.65. The van der Waals surface area contributed by atoms with Crippen LogP contribution in [0.1, 0.15) is 11.3 Å². The van der Waals surface area contributed by atoms with Gasteiger partial charge in [0.15, 0.2) is 0 Å². The Bertz CT molecular complexity index is 645. The van der Waals surface area contributed by atoms with E-state index in [0.29, 0.717) is 5.56 Å². The van der Waals surface area contributed by atoms with Gasteiger partial charge in [-0.05, 0) is 18.6 Å². The van der Waals surface area contributed by atoms with Crippen molar-refractivity contribution >= 4 is 5.91 Å². The second kappa shape index (κ2) is 5.51. The minimum atomic E-state index is -4.96. The van der Waals surface area contributed by atoms with E-state index in [2.05, 4.69) is 10.3 Å². The summed E-state index contributed by atoms with van der Waals surface area (Å²) in [5.74, 6) is -2.61. The first-order valence-corrected chi connectivity index (χ1v) is 5.81. The summed E-state index contributed by atoms with van der Waals surface area (Å²) in [6, 6.07) is 4.41. The molecule has 0 radical (unpaired) electrons. The quantitative estimate of drug-likeness (QED) is 0.881. The maximum absolute atomic E-state index is 13.7. The Morgan fingerprint density at radius 2 is 2.10 bits per heavy atom. The Morgan fingerprint density at radius 3 is 2.71 bits per heavy atom. The lowest BCUT2D eigenvalue weighted by atomic mass is 10.2. The number of rotatable bonds is 3. The lowest BCUT2D eigenvalue weighted by Crippen LogP contribution is -2.36. The summed E-state index contributed by atoms with van der Waals surface area (Å²) >= 11 is 0. The molecule has 0 aliphatic rings. The molecule has 21 heavy (non-hydrogen) atoms. The van der Waals surface area contributed by atoms with Crippen molar-refractivity contribution in [1.29, 1.82) is 0 Å². The highest BCUT2D eigenvalue weighted by molar-refractivity contribution is 5.81. The molecule has 2 aromatic rings. The van der Waals surface area contributed by atoms with E-state index in [1.165, 1.54) is 18.3 Å². The van der Waals surface area contributed by atoms with Crippen molar-refractivity contribution in [3.05, 3.63) is 41.5 Å². The fraction of sp³-hybridized carbons (Fsp3) is 0.250. The number of amides is 1. The lowest BCUT2D eigenvalue weighted by Gasteiger charge is -2.06. The zero-order valence-corrected chi connectivity index (χ0v) is 10.8. The first kappa shape index (κ1) is 14.9. The van der Waals surface area contributed by atoms with Crippen LogP contribution in [0.4, 0.5) is 17.6 Å². The standard InChI is InChI=1S/C12H10F4N4O/c1-7-3-2-4-9(13)10(7)20-6-8(18-19-20)5-17-11(21)12(14,15)16/h2-4,6H,5H2,1H3,(H,17,21). The number of aryl methyl sites for hydroxylation is 1. The summed E-state index contributed by atoms with van der Waals surface area (Å²) in [5, 5.41) is 8.89. The number of hydrogen-bond acceptors (Lipinski definition) is 3. The van der Waals surface area contributed by atoms with Gasteiger partial charge in [0.2, 0.25) is 0 Å². The summed E-state index contributed by atoms with van der Waals surface area (Å²) in [6.45, 7) is 1.21. The maximum Gasteiger partial charge on any atom is 0.471 e. The molecule has 0 saturated carbocycles. The van der Waals surface area contributed by atoms with Gasteiger partial charge in [-0.2, -0.15) is 13.2 Å². The SMILES string of the molecule is Cc1cccc(F)c1-n1cc(CNC(=O)C(F)(F)F)nn1. The predicted molar refractivity (Wildman–Crippen MR) is 64.0 cm³/mol. The van der Waals surface area contributed by atoms with E-state index in [1.54, 1.807) is 18.3 Å². The van der Waals surface area contributed by atoms with Crippen molar-refractivity contribution in [3.8, 4) is 5.69 Å². The molecule has 1 amide bonds. The number of halogens is 4. The van der Waals surface area contributed by atoms with Gasteiger partial charge in [-0.3, -0.25) is 4.79 Å². The second-order valence-corrected chi connectivity index (χ2v) is 4.24. The number of aromatic nitrogens is 3. The van der Waals surface area contributed by atoms with Crippen LogP contribution in [-0.2, 0) is 11.3 Å². The Labute approximate surface area is 116 Å². The van der Waals surface area contributed by atoms with E-state index < -0.39 is 24.4 Å². The Balaban J connectivity index is 2.14. The van der Waals surface area contributed by atoms with Crippen LogP contribution < -0.4 is 5.32 Å². The fourth-order valence-corrected chi connectivity index (χ4v) is 1.67. The van der Waals surface area contributed by atoms with E-state index >= 15 is 0 Å². The largest absolute Gasteiger partial charge is 0.471 e. The van der Waals surface area contributed by atoms with E-state index in [0.717, 1.165) is 4.68 Å². The van der Waals surface area contributed by atoms with Gasteiger partial charge in [0.05, 0.1) is 12.7 Å². The fourth-order valence-electron chi connectivity index (χ4n) is 1.67. The number of benzene rings is 1. The number of nitrogens with one attached hydrogen (secondary N) is 1.